The van der Waals surface area contributed by atoms with Crippen LogP contribution in [0.3, 0.4) is 0 Å². The molecular weight excluding hydrogens is 227 g/mol. The van der Waals surface area contributed by atoms with E-state index in [1.54, 1.807) is 0 Å². The predicted molar refractivity (Wildman–Crippen MR) is 51.3 cm³/mol. The summed E-state index contributed by atoms with van der Waals surface area (Å²) in [5, 5.41) is 0. The SMILES string of the molecule is CC(C)C[C@H]1C[C@@H](C(F)(F)F)CC(F)(F)C1. The fraction of sp³-hybridized carbons (Fsp3) is 1.00. The molecule has 96 valence electrons. The minimum Gasteiger partial charge on any atom is -0.207 e. The van der Waals surface area contributed by atoms with Crippen LogP contribution in [0.1, 0.15) is 39.5 Å². The van der Waals surface area contributed by atoms with Gasteiger partial charge in [-0.25, -0.2) is 8.78 Å². The van der Waals surface area contributed by atoms with E-state index in [1.165, 1.54) is 0 Å². The molecule has 0 unspecified atom stereocenters. The molecule has 0 aliphatic heterocycles. The molecule has 0 aromatic carbocycles. The van der Waals surface area contributed by atoms with Gasteiger partial charge in [0.2, 0.25) is 5.92 Å². The maximum atomic E-state index is 13.2. The van der Waals surface area contributed by atoms with Crippen molar-refractivity contribution >= 4 is 0 Å². The summed E-state index contributed by atoms with van der Waals surface area (Å²) < 4.78 is 63.8. The van der Waals surface area contributed by atoms with Crippen molar-refractivity contribution in [1.82, 2.24) is 0 Å². The lowest BCUT2D eigenvalue weighted by molar-refractivity contribution is -0.214. The highest BCUT2D eigenvalue weighted by Gasteiger charge is 2.51. The van der Waals surface area contributed by atoms with Crippen molar-refractivity contribution in [2.24, 2.45) is 17.8 Å². The molecule has 0 spiro atoms. The molecule has 1 rings (SSSR count). The Bertz CT molecular complexity index is 231. The Morgan fingerprint density at radius 1 is 1.19 bits per heavy atom. The second-order valence-corrected chi connectivity index (χ2v) is 5.23. The first-order valence-electron chi connectivity index (χ1n) is 5.54. The molecule has 2 atom stereocenters. The molecule has 0 aromatic heterocycles. The van der Waals surface area contributed by atoms with E-state index in [-0.39, 0.29) is 12.3 Å². The number of halogens is 5. The van der Waals surface area contributed by atoms with Gasteiger partial charge in [0.15, 0.2) is 0 Å². The molecule has 1 aliphatic carbocycles. The Balaban J connectivity index is 2.70. The zero-order chi connectivity index (χ0) is 12.6. The number of hydrogen-bond acceptors (Lipinski definition) is 0. The Kier molecular flexibility index (Phi) is 3.85. The Labute approximate surface area is 92.2 Å². The average molecular weight is 244 g/mol. The van der Waals surface area contributed by atoms with Crippen molar-refractivity contribution in [1.29, 1.82) is 0 Å². The van der Waals surface area contributed by atoms with Crippen LogP contribution in [0.2, 0.25) is 0 Å². The van der Waals surface area contributed by atoms with Gasteiger partial charge in [-0.2, -0.15) is 13.2 Å². The second-order valence-electron chi connectivity index (χ2n) is 5.23. The minimum absolute atomic E-state index is 0.142. The highest BCUT2D eigenvalue weighted by molar-refractivity contribution is 4.87. The van der Waals surface area contributed by atoms with Crippen molar-refractivity contribution < 1.29 is 22.0 Å². The zero-order valence-electron chi connectivity index (χ0n) is 9.45. The van der Waals surface area contributed by atoms with Crippen LogP contribution in [0, 0.1) is 17.8 Å². The molecule has 0 bridgehead atoms. The highest BCUT2D eigenvalue weighted by Crippen LogP contribution is 2.47. The molecule has 16 heavy (non-hydrogen) atoms. The van der Waals surface area contributed by atoms with Gasteiger partial charge in [-0.05, 0) is 24.7 Å². The molecule has 1 saturated carbocycles. The summed E-state index contributed by atoms with van der Waals surface area (Å²) in [6.45, 7) is 3.69. The monoisotopic (exact) mass is 244 g/mol. The van der Waals surface area contributed by atoms with Crippen LogP contribution in [0.15, 0.2) is 0 Å². The van der Waals surface area contributed by atoms with E-state index in [2.05, 4.69) is 0 Å². The van der Waals surface area contributed by atoms with Gasteiger partial charge < -0.3 is 0 Å². The largest absolute Gasteiger partial charge is 0.392 e. The molecule has 1 fully saturated rings. The van der Waals surface area contributed by atoms with Gasteiger partial charge in [0.1, 0.15) is 0 Å². The van der Waals surface area contributed by atoms with Gasteiger partial charge in [0.25, 0.3) is 0 Å². The quantitative estimate of drug-likeness (QED) is 0.620. The molecule has 1 aliphatic rings. The van der Waals surface area contributed by atoms with E-state index >= 15 is 0 Å². The maximum absolute atomic E-state index is 13.2. The van der Waals surface area contributed by atoms with Crippen LogP contribution >= 0.6 is 0 Å². The standard InChI is InChI=1S/C11H17F5/c1-7(2)3-8-4-9(11(14,15)16)6-10(12,13)5-8/h7-9H,3-6H2,1-2H3/t8-,9+/m0/s1. The van der Waals surface area contributed by atoms with Gasteiger partial charge >= 0.3 is 6.18 Å². The zero-order valence-corrected chi connectivity index (χ0v) is 9.45. The van der Waals surface area contributed by atoms with Gasteiger partial charge in [-0.3, -0.25) is 0 Å². The molecular formula is C11H17F5. The predicted octanol–water partition coefficient (Wildman–Crippen LogP) is 4.65. The number of rotatable bonds is 2. The van der Waals surface area contributed by atoms with E-state index < -0.39 is 36.8 Å². The van der Waals surface area contributed by atoms with Crippen molar-refractivity contribution in [2.75, 3.05) is 0 Å². The number of alkyl halides is 5. The lowest BCUT2D eigenvalue weighted by Crippen LogP contribution is -2.38. The van der Waals surface area contributed by atoms with Gasteiger partial charge in [0, 0.05) is 12.8 Å². The van der Waals surface area contributed by atoms with Crippen molar-refractivity contribution in [3.05, 3.63) is 0 Å². The van der Waals surface area contributed by atoms with Gasteiger partial charge in [-0.1, -0.05) is 13.8 Å². The Morgan fingerprint density at radius 3 is 2.19 bits per heavy atom. The smallest absolute Gasteiger partial charge is 0.207 e. The molecule has 0 N–H and O–H groups in total. The topological polar surface area (TPSA) is 0 Å². The summed E-state index contributed by atoms with van der Waals surface area (Å²) >= 11 is 0. The summed E-state index contributed by atoms with van der Waals surface area (Å²) in [7, 11) is 0. The third-order valence-corrected chi connectivity index (χ3v) is 3.02. The molecule has 0 radical (unpaired) electrons. The van der Waals surface area contributed by atoms with Crippen LogP contribution in [0.4, 0.5) is 22.0 Å². The van der Waals surface area contributed by atoms with E-state index in [0.717, 1.165) is 0 Å². The van der Waals surface area contributed by atoms with E-state index in [4.69, 9.17) is 0 Å². The first-order valence-corrected chi connectivity index (χ1v) is 5.54. The van der Waals surface area contributed by atoms with E-state index in [0.29, 0.717) is 6.42 Å². The van der Waals surface area contributed by atoms with Crippen LogP contribution in [0.5, 0.6) is 0 Å². The molecule has 0 heterocycles. The molecule has 0 aromatic rings. The van der Waals surface area contributed by atoms with Gasteiger partial charge in [-0.15, -0.1) is 0 Å². The normalized spacial score (nSPS) is 30.8. The first kappa shape index (κ1) is 13.7. The van der Waals surface area contributed by atoms with E-state index in [9.17, 15) is 22.0 Å². The Hall–Kier alpha value is -0.350. The third kappa shape index (κ3) is 3.91. The lowest BCUT2D eigenvalue weighted by Gasteiger charge is -2.36. The molecule has 5 heteroatoms. The summed E-state index contributed by atoms with van der Waals surface area (Å²) in [6, 6.07) is 0. The lowest BCUT2D eigenvalue weighted by atomic mass is 9.75. The van der Waals surface area contributed by atoms with Crippen molar-refractivity contribution in [3.63, 3.8) is 0 Å². The maximum Gasteiger partial charge on any atom is 0.392 e. The fourth-order valence-electron chi connectivity index (χ4n) is 2.53. The first-order chi connectivity index (χ1) is 7.10. The van der Waals surface area contributed by atoms with Crippen LogP contribution < -0.4 is 0 Å². The fourth-order valence-corrected chi connectivity index (χ4v) is 2.53. The molecule has 0 saturated heterocycles. The van der Waals surface area contributed by atoms with Crippen molar-refractivity contribution in [3.8, 4) is 0 Å². The highest BCUT2D eigenvalue weighted by atomic mass is 19.4. The third-order valence-electron chi connectivity index (χ3n) is 3.02. The minimum atomic E-state index is -4.49. The van der Waals surface area contributed by atoms with E-state index in [1.807, 2.05) is 13.8 Å². The average Bonchev–Trinajstić information content (AvgIpc) is 1.97. The summed E-state index contributed by atoms with van der Waals surface area (Å²) in [6.07, 6.45) is -5.61. The summed E-state index contributed by atoms with van der Waals surface area (Å²) in [5.74, 6) is -5.33. The van der Waals surface area contributed by atoms with Crippen LogP contribution in [-0.2, 0) is 0 Å². The summed E-state index contributed by atoms with van der Waals surface area (Å²) in [4.78, 5) is 0. The second kappa shape index (κ2) is 4.49. The molecule has 0 amide bonds. The summed E-state index contributed by atoms with van der Waals surface area (Å²) in [5.41, 5.74) is 0. The van der Waals surface area contributed by atoms with Gasteiger partial charge in [0.05, 0.1) is 5.92 Å². The van der Waals surface area contributed by atoms with Crippen LogP contribution in [-0.4, -0.2) is 12.1 Å². The van der Waals surface area contributed by atoms with Crippen LogP contribution in [0.25, 0.3) is 0 Å². The molecule has 0 nitrogen and oxygen atoms in total. The number of hydrogen-bond donors (Lipinski definition) is 0. The van der Waals surface area contributed by atoms with Crippen molar-refractivity contribution in [2.45, 2.75) is 51.6 Å². The Morgan fingerprint density at radius 2 is 1.75 bits per heavy atom.